The van der Waals surface area contributed by atoms with Crippen LogP contribution in [-0.4, -0.2) is 16.9 Å². The highest BCUT2D eigenvalue weighted by molar-refractivity contribution is 9.10. The Labute approximate surface area is 120 Å². The van der Waals surface area contributed by atoms with Crippen LogP contribution in [0.2, 0.25) is 0 Å². The van der Waals surface area contributed by atoms with Crippen molar-refractivity contribution in [3.05, 3.63) is 48.0 Å². The summed E-state index contributed by atoms with van der Waals surface area (Å²) in [7, 11) is 0. The maximum atomic E-state index is 11.9. The van der Waals surface area contributed by atoms with Gasteiger partial charge in [-0.25, -0.2) is 0 Å². The monoisotopic (exact) mass is 318 g/mol. The number of halogens is 1. The molecular formula is C16H15BrO2. The number of benzene rings is 2. The number of fused-ring (bicyclic) bond motifs is 1. The lowest BCUT2D eigenvalue weighted by Gasteiger charge is -2.09. The molecule has 19 heavy (non-hydrogen) atoms. The van der Waals surface area contributed by atoms with E-state index in [1.165, 1.54) is 16.3 Å². The van der Waals surface area contributed by atoms with Crippen LogP contribution in [0, 0.1) is 0 Å². The third-order valence-electron chi connectivity index (χ3n) is 3.68. The van der Waals surface area contributed by atoms with E-state index in [2.05, 4.69) is 46.3 Å². The van der Waals surface area contributed by atoms with Crippen molar-refractivity contribution in [2.75, 3.05) is 6.61 Å². The molecule has 0 amide bonds. The zero-order valence-corrected chi connectivity index (χ0v) is 12.3. The number of rotatable bonds is 3. The Balaban J connectivity index is 1.89. The van der Waals surface area contributed by atoms with E-state index in [4.69, 9.17) is 4.74 Å². The first-order valence-corrected chi connectivity index (χ1v) is 7.29. The summed E-state index contributed by atoms with van der Waals surface area (Å²) < 4.78 is 4.61. The molecule has 1 saturated carbocycles. The summed E-state index contributed by atoms with van der Waals surface area (Å²) in [6.45, 7) is 2.26. The number of carbonyl (C=O) groups is 1. The fraction of sp³-hybridized carbons (Fsp3) is 0.312. The number of esters is 1. The van der Waals surface area contributed by atoms with Gasteiger partial charge in [-0.15, -0.1) is 0 Å². The lowest BCUT2D eigenvalue weighted by molar-refractivity contribution is -0.143. The van der Waals surface area contributed by atoms with Gasteiger partial charge in [0, 0.05) is 5.92 Å². The van der Waals surface area contributed by atoms with Crippen molar-refractivity contribution < 1.29 is 9.53 Å². The van der Waals surface area contributed by atoms with E-state index in [-0.39, 0.29) is 11.9 Å². The fourth-order valence-corrected chi connectivity index (χ4v) is 3.22. The summed E-state index contributed by atoms with van der Waals surface area (Å²) in [5.74, 6) is 0.0734. The summed E-state index contributed by atoms with van der Waals surface area (Å²) in [6.07, 6.45) is 0.810. The molecule has 0 bridgehead atoms. The second kappa shape index (κ2) is 4.64. The second-order valence-electron chi connectivity index (χ2n) is 4.95. The molecule has 1 fully saturated rings. The van der Waals surface area contributed by atoms with E-state index in [1.54, 1.807) is 0 Å². The number of hydrogen-bond acceptors (Lipinski definition) is 2. The number of ether oxygens (including phenoxy) is 1. The SMILES string of the molecule is CCOC(=O)[C@]1(Br)C[C@@H]1c1ccc2ccccc2c1. The Hall–Kier alpha value is -1.35. The van der Waals surface area contributed by atoms with Crippen LogP contribution in [0.25, 0.3) is 10.8 Å². The maximum Gasteiger partial charge on any atom is 0.323 e. The number of hydrogen-bond donors (Lipinski definition) is 0. The predicted molar refractivity (Wildman–Crippen MR) is 79.6 cm³/mol. The van der Waals surface area contributed by atoms with Crippen LogP contribution < -0.4 is 0 Å². The number of alkyl halides is 1. The van der Waals surface area contributed by atoms with Crippen molar-refractivity contribution in [2.24, 2.45) is 0 Å². The molecule has 0 saturated heterocycles. The predicted octanol–water partition coefficient (Wildman–Crippen LogP) is 4.02. The first-order chi connectivity index (χ1) is 9.15. The Morgan fingerprint density at radius 1 is 1.32 bits per heavy atom. The summed E-state index contributed by atoms with van der Waals surface area (Å²) in [5.41, 5.74) is 1.20. The molecule has 0 aliphatic heterocycles. The number of carbonyl (C=O) groups excluding carboxylic acids is 1. The Morgan fingerprint density at radius 2 is 2.05 bits per heavy atom. The molecule has 1 aliphatic carbocycles. The fourth-order valence-electron chi connectivity index (χ4n) is 2.52. The molecule has 2 aromatic carbocycles. The van der Waals surface area contributed by atoms with Gasteiger partial charge in [-0.1, -0.05) is 58.4 Å². The average molecular weight is 319 g/mol. The molecule has 2 nitrogen and oxygen atoms in total. The van der Waals surface area contributed by atoms with Gasteiger partial charge in [0.25, 0.3) is 0 Å². The van der Waals surface area contributed by atoms with Crippen molar-refractivity contribution in [2.45, 2.75) is 23.6 Å². The summed E-state index contributed by atoms with van der Waals surface area (Å²) in [4.78, 5) is 11.9. The van der Waals surface area contributed by atoms with E-state index in [9.17, 15) is 4.79 Å². The maximum absolute atomic E-state index is 11.9. The Morgan fingerprint density at radius 3 is 2.79 bits per heavy atom. The highest BCUT2D eigenvalue weighted by Crippen LogP contribution is 2.58. The molecule has 0 N–H and O–H groups in total. The van der Waals surface area contributed by atoms with Gasteiger partial charge in [0.15, 0.2) is 0 Å². The van der Waals surface area contributed by atoms with Gasteiger partial charge >= 0.3 is 5.97 Å². The van der Waals surface area contributed by atoms with Crippen LogP contribution in [0.4, 0.5) is 0 Å². The third kappa shape index (κ3) is 2.16. The van der Waals surface area contributed by atoms with E-state index < -0.39 is 4.32 Å². The van der Waals surface area contributed by atoms with Gasteiger partial charge in [0.1, 0.15) is 4.32 Å². The van der Waals surface area contributed by atoms with Gasteiger partial charge in [-0.2, -0.15) is 0 Å². The molecule has 0 radical (unpaired) electrons. The topological polar surface area (TPSA) is 26.3 Å². The molecule has 0 heterocycles. The van der Waals surface area contributed by atoms with Gasteiger partial charge in [-0.3, -0.25) is 4.79 Å². The molecule has 1 aliphatic rings. The smallest absolute Gasteiger partial charge is 0.323 e. The Kier molecular flexibility index (Phi) is 3.09. The van der Waals surface area contributed by atoms with Crippen molar-refractivity contribution in [3.63, 3.8) is 0 Å². The normalized spacial score (nSPS) is 25.3. The van der Waals surface area contributed by atoms with Crippen LogP contribution in [0.3, 0.4) is 0 Å². The molecule has 0 aromatic heterocycles. The van der Waals surface area contributed by atoms with Crippen molar-refractivity contribution in [3.8, 4) is 0 Å². The third-order valence-corrected chi connectivity index (χ3v) is 4.88. The zero-order chi connectivity index (χ0) is 13.5. The van der Waals surface area contributed by atoms with Crippen molar-refractivity contribution >= 4 is 32.7 Å². The Bertz CT molecular complexity index is 637. The molecule has 3 heteroatoms. The summed E-state index contributed by atoms with van der Waals surface area (Å²) >= 11 is 3.55. The minimum absolute atomic E-state index is 0.145. The highest BCUT2D eigenvalue weighted by Gasteiger charge is 2.60. The van der Waals surface area contributed by atoms with Gasteiger partial charge in [0.2, 0.25) is 0 Å². The standard InChI is InChI=1S/C16H15BrO2/c1-2-19-15(18)16(17)10-14(16)13-8-7-11-5-3-4-6-12(11)9-13/h3-9,14H,2,10H2,1H3/t14-,16+/m1/s1. The van der Waals surface area contributed by atoms with Crippen LogP contribution in [0.5, 0.6) is 0 Å². The molecule has 98 valence electrons. The van der Waals surface area contributed by atoms with E-state index in [0.29, 0.717) is 6.61 Å². The molecule has 0 spiro atoms. The summed E-state index contributed by atoms with van der Waals surface area (Å²) in [5, 5.41) is 2.44. The minimum Gasteiger partial charge on any atom is -0.465 e. The van der Waals surface area contributed by atoms with E-state index in [1.807, 2.05) is 19.1 Å². The molecule has 2 aromatic rings. The van der Waals surface area contributed by atoms with Gasteiger partial charge in [-0.05, 0) is 29.7 Å². The quantitative estimate of drug-likeness (QED) is 0.631. The van der Waals surface area contributed by atoms with Gasteiger partial charge in [0.05, 0.1) is 6.61 Å². The largest absolute Gasteiger partial charge is 0.465 e. The molecule has 3 rings (SSSR count). The zero-order valence-electron chi connectivity index (χ0n) is 10.7. The lowest BCUT2D eigenvalue weighted by atomic mass is 10.0. The van der Waals surface area contributed by atoms with Crippen LogP contribution >= 0.6 is 15.9 Å². The minimum atomic E-state index is -0.508. The van der Waals surface area contributed by atoms with Crippen molar-refractivity contribution in [1.29, 1.82) is 0 Å². The average Bonchev–Trinajstić information content (AvgIpc) is 3.12. The van der Waals surface area contributed by atoms with Gasteiger partial charge < -0.3 is 4.74 Å². The van der Waals surface area contributed by atoms with Crippen molar-refractivity contribution in [1.82, 2.24) is 0 Å². The van der Waals surface area contributed by atoms with Crippen LogP contribution in [-0.2, 0) is 9.53 Å². The van der Waals surface area contributed by atoms with E-state index in [0.717, 1.165) is 6.42 Å². The lowest BCUT2D eigenvalue weighted by Crippen LogP contribution is -2.20. The first-order valence-electron chi connectivity index (χ1n) is 6.50. The first kappa shape index (κ1) is 12.7. The second-order valence-corrected chi connectivity index (χ2v) is 6.36. The molecule has 2 atom stereocenters. The van der Waals surface area contributed by atoms with Crippen LogP contribution in [0.1, 0.15) is 24.8 Å². The highest BCUT2D eigenvalue weighted by atomic mass is 79.9. The summed E-state index contributed by atoms with van der Waals surface area (Å²) in [6, 6.07) is 14.7. The van der Waals surface area contributed by atoms with E-state index >= 15 is 0 Å². The molecular weight excluding hydrogens is 304 g/mol. The van der Waals surface area contributed by atoms with Crippen LogP contribution in [0.15, 0.2) is 42.5 Å². The molecule has 0 unspecified atom stereocenters.